The van der Waals surface area contributed by atoms with Gasteiger partial charge in [-0.05, 0) is 37.1 Å². The van der Waals surface area contributed by atoms with E-state index < -0.39 is 5.97 Å². The van der Waals surface area contributed by atoms with E-state index in [9.17, 15) is 10.1 Å². The molecule has 6 heteroatoms. The first-order valence-corrected chi connectivity index (χ1v) is 9.85. The minimum absolute atomic E-state index is 0.292. The molecule has 28 heavy (non-hydrogen) atoms. The summed E-state index contributed by atoms with van der Waals surface area (Å²) in [7, 11) is 0. The monoisotopic (exact) mass is 394 g/mol. The summed E-state index contributed by atoms with van der Waals surface area (Å²) in [4.78, 5) is 13.6. The van der Waals surface area contributed by atoms with Crippen molar-refractivity contribution in [3.63, 3.8) is 0 Å². The molecule has 0 aliphatic carbocycles. The molecule has 144 valence electrons. The molecule has 0 saturated heterocycles. The number of nitrogens with zero attached hydrogens (tertiary/aromatic N) is 2. The third-order valence-corrected chi connectivity index (χ3v) is 5.53. The number of nitrogens with one attached hydrogen (secondary N) is 1. The van der Waals surface area contributed by atoms with Crippen molar-refractivity contribution in [2.24, 2.45) is 0 Å². The second kappa shape index (κ2) is 8.96. The van der Waals surface area contributed by atoms with Gasteiger partial charge in [-0.1, -0.05) is 42.5 Å². The predicted octanol–water partition coefficient (Wildman–Crippen LogP) is 2.90. The Balaban J connectivity index is 1.86. The zero-order valence-corrected chi connectivity index (χ0v) is 17.0. The standard InChI is InChI=1S/C22H23N3O2S/c1-3-27-22(26)20-13-19(14-23)21(28)25(16(20)2)15-24-11-9-18(10-12-24)17-7-5-4-6-8-17/h4-9,13H,3,10-12,15H2,1-2H3/p+1. The van der Waals surface area contributed by atoms with Crippen LogP contribution < -0.4 is 4.90 Å². The fourth-order valence-electron chi connectivity index (χ4n) is 3.50. The maximum absolute atomic E-state index is 12.3. The van der Waals surface area contributed by atoms with Crippen LogP contribution in [0.1, 0.15) is 40.5 Å². The van der Waals surface area contributed by atoms with Crippen molar-refractivity contribution in [3.8, 4) is 6.07 Å². The number of aromatic nitrogens is 1. The number of carbonyl (C=O) groups excluding carboxylic acids is 1. The van der Waals surface area contributed by atoms with Crippen molar-refractivity contribution >= 4 is 23.8 Å². The number of quaternary nitrogens is 1. The van der Waals surface area contributed by atoms with E-state index in [1.165, 1.54) is 16.0 Å². The van der Waals surface area contributed by atoms with Crippen molar-refractivity contribution in [1.82, 2.24) is 4.57 Å². The summed E-state index contributed by atoms with van der Waals surface area (Å²) in [5.74, 6) is -0.417. The highest BCUT2D eigenvalue weighted by atomic mass is 32.1. The lowest BCUT2D eigenvalue weighted by Crippen LogP contribution is -3.11. The van der Waals surface area contributed by atoms with Gasteiger partial charge in [0.15, 0.2) is 6.67 Å². The van der Waals surface area contributed by atoms with E-state index in [1.54, 1.807) is 13.0 Å². The normalized spacial score (nSPS) is 16.2. The molecule has 5 nitrogen and oxygen atoms in total. The zero-order valence-electron chi connectivity index (χ0n) is 16.2. The Labute approximate surface area is 170 Å². The number of benzene rings is 1. The average molecular weight is 395 g/mol. The molecule has 3 rings (SSSR count). The van der Waals surface area contributed by atoms with Gasteiger partial charge in [-0.2, -0.15) is 5.26 Å². The molecule has 2 aromatic rings. The van der Waals surface area contributed by atoms with Crippen molar-refractivity contribution < 1.29 is 14.4 Å². The fourth-order valence-corrected chi connectivity index (χ4v) is 3.81. The van der Waals surface area contributed by atoms with Gasteiger partial charge in [0.05, 0.1) is 30.8 Å². The molecule has 0 saturated carbocycles. The third-order valence-electron chi connectivity index (χ3n) is 5.09. The van der Waals surface area contributed by atoms with Gasteiger partial charge in [0.2, 0.25) is 0 Å². The van der Waals surface area contributed by atoms with Crippen molar-refractivity contribution in [1.29, 1.82) is 5.26 Å². The van der Waals surface area contributed by atoms with Crippen LogP contribution in [0.25, 0.3) is 5.57 Å². The number of hydrogen-bond donors (Lipinski definition) is 1. The first-order chi connectivity index (χ1) is 13.5. The second-order valence-electron chi connectivity index (χ2n) is 6.83. The zero-order chi connectivity index (χ0) is 20.1. The molecule has 1 unspecified atom stereocenters. The lowest BCUT2D eigenvalue weighted by atomic mass is 10.00. The van der Waals surface area contributed by atoms with Gasteiger partial charge < -0.3 is 9.64 Å². The van der Waals surface area contributed by atoms with Crippen LogP contribution in [0.2, 0.25) is 0 Å². The van der Waals surface area contributed by atoms with Crippen LogP contribution in [-0.4, -0.2) is 30.2 Å². The Morgan fingerprint density at radius 3 is 2.71 bits per heavy atom. The Bertz CT molecular complexity index is 1000. The van der Waals surface area contributed by atoms with Crippen molar-refractivity contribution in [2.45, 2.75) is 26.9 Å². The highest BCUT2D eigenvalue weighted by Gasteiger charge is 2.21. The van der Waals surface area contributed by atoms with E-state index in [0.29, 0.717) is 29.0 Å². The van der Waals surface area contributed by atoms with Gasteiger partial charge in [0.1, 0.15) is 10.7 Å². The molecule has 1 aromatic heterocycles. The molecule has 1 aliphatic heterocycles. The topological polar surface area (TPSA) is 59.5 Å². The van der Waals surface area contributed by atoms with Gasteiger partial charge in [-0.3, -0.25) is 4.57 Å². The lowest BCUT2D eigenvalue weighted by Gasteiger charge is -2.26. The molecule has 0 amide bonds. The predicted molar refractivity (Wildman–Crippen MR) is 110 cm³/mol. The van der Waals surface area contributed by atoms with Gasteiger partial charge >= 0.3 is 5.97 Å². The molecular formula is C22H24N3O2S+. The van der Waals surface area contributed by atoms with E-state index in [1.807, 2.05) is 17.6 Å². The van der Waals surface area contributed by atoms with E-state index in [-0.39, 0.29) is 0 Å². The molecular weight excluding hydrogens is 370 g/mol. The van der Waals surface area contributed by atoms with Crippen molar-refractivity contribution in [2.75, 3.05) is 19.7 Å². The van der Waals surface area contributed by atoms with Crippen LogP contribution in [0.5, 0.6) is 0 Å². The summed E-state index contributed by atoms with van der Waals surface area (Å²) in [5, 5.41) is 9.44. The van der Waals surface area contributed by atoms with Crippen LogP contribution in [0, 0.1) is 22.9 Å². The van der Waals surface area contributed by atoms with Crippen LogP contribution in [0.3, 0.4) is 0 Å². The maximum atomic E-state index is 12.3. The van der Waals surface area contributed by atoms with Gasteiger partial charge in [-0.15, -0.1) is 0 Å². The second-order valence-corrected chi connectivity index (χ2v) is 7.22. The van der Waals surface area contributed by atoms with Crippen LogP contribution in [0.15, 0.2) is 42.5 Å². The average Bonchev–Trinajstić information content (AvgIpc) is 2.72. The SMILES string of the molecule is CCOC(=O)c1cc(C#N)c(=S)n(C[NH+]2CC=C(c3ccccc3)CC2)c1C. The highest BCUT2D eigenvalue weighted by molar-refractivity contribution is 7.71. The summed E-state index contributed by atoms with van der Waals surface area (Å²) in [6.45, 7) is 6.37. The maximum Gasteiger partial charge on any atom is 0.339 e. The summed E-state index contributed by atoms with van der Waals surface area (Å²) in [6.07, 6.45) is 3.25. The smallest absolute Gasteiger partial charge is 0.339 e. The Morgan fingerprint density at radius 1 is 1.36 bits per heavy atom. The molecule has 1 aliphatic rings. The number of nitriles is 1. The van der Waals surface area contributed by atoms with E-state index in [0.717, 1.165) is 25.2 Å². The number of pyridine rings is 1. The minimum atomic E-state index is -0.417. The van der Waals surface area contributed by atoms with Crippen LogP contribution in [-0.2, 0) is 11.4 Å². The van der Waals surface area contributed by atoms with Gasteiger partial charge in [-0.25, -0.2) is 4.79 Å². The molecule has 0 bridgehead atoms. The number of rotatable bonds is 5. The number of esters is 1. The van der Waals surface area contributed by atoms with Crippen molar-refractivity contribution in [3.05, 3.63) is 69.5 Å². The van der Waals surface area contributed by atoms with Gasteiger partial charge in [0, 0.05) is 12.1 Å². The summed E-state index contributed by atoms with van der Waals surface area (Å²) in [5.41, 5.74) is 4.12. The minimum Gasteiger partial charge on any atom is -0.462 e. The van der Waals surface area contributed by atoms with E-state index in [4.69, 9.17) is 17.0 Å². The molecule has 0 spiro atoms. The largest absolute Gasteiger partial charge is 0.462 e. The van der Waals surface area contributed by atoms with E-state index in [2.05, 4.69) is 36.4 Å². The molecule has 1 atom stereocenters. The first kappa shape index (κ1) is 20.0. The summed E-state index contributed by atoms with van der Waals surface area (Å²) in [6, 6.07) is 14.1. The summed E-state index contributed by atoms with van der Waals surface area (Å²) < 4.78 is 7.51. The molecule has 0 fully saturated rings. The Hall–Kier alpha value is -2.75. The molecule has 2 heterocycles. The Kier molecular flexibility index (Phi) is 6.40. The van der Waals surface area contributed by atoms with E-state index >= 15 is 0 Å². The lowest BCUT2D eigenvalue weighted by molar-refractivity contribution is -0.918. The first-order valence-electron chi connectivity index (χ1n) is 9.44. The fraction of sp³-hybridized carbons (Fsp3) is 0.318. The van der Waals surface area contributed by atoms with Crippen LogP contribution in [0.4, 0.5) is 0 Å². The van der Waals surface area contributed by atoms with Crippen LogP contribution >= 0.6 is 12.2 Å². The molecule has 0 radical (unpaired) electrons. The Morgan fingerprint density at radius 2 is 2.11 bits per heavy atom. The molecule has 1 N–H and O–H groups in total. The molecule has 1 aromatic carbocycles. The highest BCUT2D eigenvalue weighted by Crippen LogP contribution is 2.18. The third kappa shape index (κ3) is 4.22. The number of hydrogen-bond acceptors (Lipinski definition) is 4. The summed E-state index contributed by atoms with van der Waals surface area (Å²) >= 11 is 5.52. The number of ether oxygens (including phenoxy) is 1. The van der Waals surface area contributed by atoms with Gasteiger partial charge in [0.25, 0.3) is 0 Å². The number of carbonyl (C=O) groups is 1. The quantitative estimate of drug-likeness (QED) is 0.626.